The number of benzene rings is 2. The lowest BCUT2D eigenvalue weighted by Crippen LogP contribution is -2.14. The monoisotopic (exact) mass is 443 g/mol. The summed E-state index contributed by atoms with van der Waals surface area (Å²) < 4.78 is 41.8. The van der Waals surface area contributed by atoms with E-state index in [2.05, 4.69) is 15.2 Å². The second-order valence-corrected chi connectivity index (χ2v) is 6.76. The van der Waals surface area contributed by atoms with Crippen LogP contribution < -0.4 is 19.5 Å². The Labute approximate surface area is 184 Å². The number of nitrogens with one attached hydrogen (secondary N) is 1. The van der Waals surface area contributed by atoms with Crippen molar-refractivity contribution in [3.8, 4) is 17.2 Å². The number of anilines is 1. The molecule has 0 aliphatic carbocycles. The number of amides is 1. The number of aromatic nitrogens is 2. The van der Waals surface area contributed by atoms with E-state index in [1.165, 1.54) is 18.2 Å². The van der Waals surface area contributed by atoms with Gasteiger partial charge in [-0.3, -0.25) is 4.79 Å². The van der Waals surface area contributed by atoms with E-state index in [0.29, 0.717) is 29.4 Å². The van der Waals surface area contributed by atoms with Crippen LogP contribution in [0.4, 0.5) is 14.6 Å². The molecule has 1 N–H and O–H groups in total. The number of nitrogens with zero attached hydrogens (tertiary/aromatic N) is 2. The highest BCUT2D eigenvalue weighted by Gasteiger charge is 2.13. The molecule has 1 amide bonds. The number of hydrogen-bond donors (Lipinski definition) is 1. The minimum atomic E-state index is -2.95. The van der Waals surface area contributed by atoms with E-state index in [4.69, 9.17) is 9.47 Å². The van der Waals surface area contributed by atoms with Gasteiger partial charge in [-0.1, -0.05) is 24.3 Å². The lowest BCUT2D eigenvalue weighted by atomic mass is 10.2. The molecule has 1 heterocycles. The van der Waals surface area contributed by atoms with E-state index in [1.807, 2.05) is 19.1 Å². The van der Waals surface area contributed by atoms with Crippen LogP contribution in [0.2, 0.25) is 0 Å². The van der Waals surface area contributed by atoms with Crippen molar-refractivity contribution in [3.05, 3.63) is 71.4 Å². The number of aryl methyl sites for hydroxylation is 1. The minimum Gasteiger partial charge on any atom is -0.493 e. The molecule has 1 aromatic heterocycles. The van der Waals surface area contributed by atoms with Crippen LogP contribution in [0.5, 0.6) is 17.2 Å². The number of carbonyl (C=O) groups excluding carboxylic acids is 1. The molecule has 0 aliphatic heterocycles. The largest absolute Gasteiger partial charge is 0.493 e. The molecule has 0 spiro atoms. The standard InChI is InChI=1S/C23H23F2N3O4/c1-15-13-26-28(14-16-8-10-19(30-2)20(12-16)31-3)22(15)27-21(29)11-9-17-6-4-5-7-18(17)32-23(24)25/h4-13,23H,14H2,1-3H3,(H,27,29). The van der Waals surface area contributed by atoms with E-state index < -0.39 is 12.5 Å². The Morgan fingerprint density at radius 3 is 2.59 bits per heavy atom. The second-order valence-electron chi connectivity index (χ2n) is 6.76. The molecule has 9 heteroatoms. The Morgan fingerprint density at radius 1 is 1.12 bits per heavy atom. The maximum Gasteiger partial charge on any atom is 0.387 e. The van der Waals surface area contributed by atoms with E-state index in [9.17, 15) is 13.6 Å². The molecule has 0 bridgehead atoms. The first-order valence-electron chi connectivity index (χ1n) is 9.67. The van der Waals surface area contributed by atoms with Crippen molar-refractivity contribution in [1.82, 2.24) is 9.78 Å². The third kappa shape index (κ3) is 5.63. The first-order valence-corrected chi connectivity index (χ1v) is 9.67. The zero-order valence-corrected chi connectivity index (χ0v) is 17.8. The van der Waals surface area contributed by atoms with E-state index >= 15 is 0 Å². The maximum absolute atomic E-state index is 12.6. The van der Waals surface area contributed by atoms with Gasteiger partial charge in [0, 0.05) is 17.2 Å². The van der Waals surface area contributed by atoms with Gasteiger partial charge in [0.15, 0.2) is 11.5 Å². The Balaban J connectivity index is 1.75. The zero-order chi connectivity index (χ0) is 23.1. The topological polar surface area (TPSA) is 74.6 Å². The molecule has 0 atom stereocenters. The summed E-state index contributed by atoms with van der Waals surface area (Å²) in [6.45, 7) is -0.742. The lowest BCUT2D eigenvalue weighted by molar-refractivity contribution is -0.111. The van der Waals surface area contributed by atoms with Crippen LogP contribution in [0, 0.1) is 6.92 Å². The summed E-state index contributed by atoms with van der Waals surface area (Å²) in [5, 5.41) is 7.12. The fourth-order valence-corrected chi connectivity index (χ4v) is 3.06. The van der Waals surface area contributed by atoms with Gasteiger partial charge >= 0.3 is 6.61 Å². The molecule has 0 unspecified atom stereocenters. The zero-order valence-electron chi connectivity index (χ0n) is 17.8. The van der Waals surface area contributed by atoms with Crippen molar-refractivity contribution in [2.24, 2.45) is 0 Å². The lowest BCUT2D eigenvalue weighted by Gasteiger charge is -2.12. The third-order valence-corrected chi connectivity index (χ3v) is 4.59. The van der Waals surface area contributed by atoms with Crippen molar-refractivity contribution in [2.45, 2.75) is 20.1 Å². The number of halogens is 2. The average molecular weight is 443 g/mol. The molecule has 3 rings (SSSR count). The molecule has 168 valence electrons. The molecular formula is C23H23F2N3O4. The Kier molecular flexibility index (Phi) is 7.43. The highest BCUT2D eigenvalue weighted by Crippen LogP contribution is 2.28. The molecule has 0 fully saturated rings. The van der Waals surface area contributed by atoms with Crippen molar-refractivity contribution in [3.63, 3.8) is 0 Å². The van der Waals surface area contributed by atoms with Gasteiger partial charge in [-0.15, -0.1) is 0 Å². The predicted octanol–water partition coefficient (Wildman–Crippen LogP) is 4.51. The van der Waals surface area contributed by atoms with Crippen LogP contribution >= 0.6 is 0 Å². The van der Waals surface area contributed by atoms with Crippen LogP contribution in [-0.4, -0.2) is 36.5 Å². The first-order chi connectivity index (χ1) is 15.4. The fraction of sp³-hybridized carbons (Fsp3) is 0.217. The normalized spacial score (nSPS) is 11.1. The van der Waals surface area contributed by atoms with Crippen LogP contribution in [0.15, 0.2) is 54.7 Å². The maximum atomic E-state index is 12.6. The number of rotatable bonds is 9. The minimum absolute atomic E-state index is 0.0128. The highest BCUT2D eigenvalue weighted by atomic mass is 19.3. The van der Waals surface area contributed by atoms with Gasteiger partial charge in [0.2, 0.25) is 5.91 Å². The number of hydrogen-bond acceptors (Lipinski definition) is 5. The second kappa shape index (κ2) is 10.4. The molecule has 2 aromatic carbocycles. The molecule has 0 aliphatic rings. The number of alkyl halides is 2. The van der Waals surface area contributed by atoms with Crippen molar-refractivity contribution < 1.29 is 27.8 Å². The van der Waals surface area contributed by atoms with Gasteiger partial charge in [0.05, 0.1) is 27.0 Å². The number of ether oxygens (including phenoxy) is 3. The highest BCUT2D eigenvalue weighted by molar-refractivity contribution is 6.02. The average Bonchev–Trinajstić information content (AvgIpc) is 3.11. The van der Waals surface area contributed by atoms with Gasteiger partial charge in [0.1, 0.15) is 11.6 Å². The smallest absolute Gasteiger partial charge is 0.387 e. The van der Waals surface area contributed by atoms with Crippen LogP contribution in [0.3, 0.4) is 0 Å². The van der Waals surface area contributed by atoms with Gasteiger partial charge < -0.3 is 19.5 Å². The van der Waals surface area contributed by atoms with E-state index in [0.717, 1.165) is 11.1 Å². The number of methoxy groups -OCH3 is 2. The molecule has 32 heavy (non-hydrogen) atoms. The molecule has 3 aromatic rings. The van der Waals surface area contributed by atoms with Gasteiger partial charge in [-0.2, -0.15) is 13.9 Å². The first kappa shape index (κ1) is 22.8. The van der Waals surface area contributed by atoms with E-state index in [-0.39, 0.29) is 5.75 Å². The Hall–Kier alpha value is -3.88. The van der Waals surface area contributed by atoms with Gasteiger partial charge in [-0.05, 0) is 36.8 Å². The molecule has 0 saturated carbocycles. The SMILES string of the molecule is COc1ccc(Cn2ncc(C)c2NC(=O)C=Cc2ccccc2OC(F)F)cc1OC. The summed E-state index contributed by atoms with van der Waals surface area (Å²) in [5.74, 6) is 1.27. The summed E-state index contributed by atoms with van der Waals surface area (Å²) in [7, 11) is 3.12. The quantitative estimate of drug-likeness (QED) is 0.493. The van der Waals surface area contributed by atoms with Crippen molar-refractivity contribution >= 4 is 17.8 Å². The summed E-state index contributed by atoms with van der Waals surface area (Å²) in [5.41, 5.74) is 2.03. The summed E-state index contributed by atoms with van der Waals surface area (Å²) in [6.07, 6.45) is 4.31. The summed E-state index contributed by atoms with van der Waals surface area (Å²) >= 11 is 0. The van der Waals surface area contributed by atoms with Gasteiger partial charge in [-0.25, -0.2) is 4.68 Å². The molecular weight excluding hydrogens is 420 g/mol. The van der Waals surface area contributed by atoms with Crippen LogP contribution in [0.1, 0.15) is 16.7 Å². The van der Waals surface area contributed by atoms with Crippen LogP contribution in [-0.2, 0) is 11.3 Å². The summed E-state index contributed by atoms with van der Waals surface area (Å²) in [4.78, 5) is 12.5. The number of carbonyl (C=O) groups is 1. The van der Waals surface area contributed by atoms with Crippen LogP contribution in [0.25, 0.3) is 6.08 Å². The molecule has 0 radical (unpaired) electrons. The third-order valence-electron chi connectivity index (χ3n) is 4.59. The fourth-order valence-electron chi connectivity index (χ4n) is 3.06. The van der Waals surface area contributed by atoms with Crippen molar-refractivity contribution in [1.29, 1.82) is 0 Å². The molecule has 0 saturated heterocycles. The molecule has 7 nitrogen and oxygen atoms in total. The van der Waals surface area contributed by atoms with Crippen molar-refractivity contribution in [2.75, 3.05) is 19.5 Å². The number of para-hydroxylation sites is 1. The van der Waals surface area contributed by atoms with E-state index in [1.54, 1.807) is 49.4 Å². The Bertz CT molecular complexity index is 1110. The van der Waals surface area contributed by atoms with Gasteiger partial charge in [0.25, 0.3) is 0 Å². The summed E-state index contributed by atoms with van der Waals surface area (Å²) in [6, 6.07) is 11.7. The predicted molar refractivity (Wildman–Crippen MR) is 116 cm³/mol. The Morgan fingerprint density at radius 2 is 1.88 bits per heavy atom.